The van der Waals surface area contributed by atoms with Crippen LogP contribution in [0.3, 0.4) is 0 Å². The van der Waals surface area contributed by atoms with E-state index >= 15 is 0 Å². The number of benzene rings is 1. The molecule has 1 N–H and O–H groups in total. The van der Waals surface area contributed by atoms with Gasteiger partial charge in [0, 0.05) is 18.3 Å². The molecule has 1 aromatic carbocycles. The molecule has 0 aliphatic rings. The molecule has 0 aliphatic heterocycles. The van der Waals surface area contributed by atoms with Crippen molar-refractivity contribution in [3.05, 3.63) is 28.0 Å². The second-order valence-electron chi connectivity index (χ2n) is 5.03. The SMILES string of the molecule is CC(C)NC(=O)Cn1c(CCCl)nc2cc(Cl)c(Cl)cc21. The maximum Gasteiger partial charge on any atom is 0.240 e. The largest absolute Gasteiger partial charge is 0.352 e. The number of nitrogens with zero attached hydrogens (tertiary/aromatic N) is 2. The molecule has 0 fully saturated rings. The van der Waals surface area contributed by atoms with Crippen molar-refractivity contribution in [1.29, 1.82) is 0 Å². The van der Waals surface area contributed by atoms with Gasteiger partial charge in [-0.25, -0.2) is 4.98 Å². The Kier molecular flexibility index (Phi) is 5.36. The fourth-order valence-corrected chi connectivity index (χ4v) is 2.62. The molecule has 0 radical (unpaired) electrons. The predicted octanol–water partition coefficient (Wildman–Crippen LogP) is 3.65. The Labute approximate surface area is 138 Å². The van der Waals surface area contributed by atoms with Gasteiger partial charge in [-0.2, -0.15) is 0 Å². The molecule has 0 atom stereocenters. The number of carbonyl (C=O) groups excluding carboxylic acids is 1. The predicted molar refractivity (Wildman–Crippen MR) is 87.5 cm³/mol. The van der Waals surface area contributed by atoms with E-state index < -0.39 is 0 Å². The lowest BCUT2D eigenvalue weighted by Gasteiger charge is -2.11. The van der Waals surface area contributed by atoms with Crippen LogP contribution >= 0.6 is 34.8 Å². The molecule has 7 heteroatoms. The maximum absolute atomic E-state index is 12.0. The summed E-state index contributed by atoms with van der Waals surface area (Å²) in [6.45, 7) is 4.01. The molecular weight excluding hydrogens is 333 g/mol. The zero-order valence-electron chi connectivity index (χ0n) is 11.8. The number of amides is 1. The number of aromatic nitrogens is 2. The van der Waals surface area contributed by atoms with Crippen LogP contribution in [0.15, 0.2) is 12.1 Å². The zero-order valence-corrected chi connectivity index (χ0v) is 14.1. The van der Waals surface area contributed by atoms with Crippen LogP contribution < -0.4 is 5.32 Å². The highest BCUT2D eigenvalue weighted by molar-refractivity contribution is 6.42. The van der Waals surface area contributed by atoms with Gasteiger partial charge in [-0.3, -0.25) is 4.79 Å². The van der Waals surface area contributed by atoms with Crippen LogP contribution in [-0.4, -0.2) is 27.4 Å². The third kappa shape index (κ3) is 3.82. The second-order valence-corrected chi connectivity index (χ2v) is 6.22. The fraction of sp³-hybridized carbons (Fsp3) is 0.429. The highest BCUT2D eigenvalue weighted by atomic mass is 35.5. The summed E-state index contributed by atoms with van der Waals surface area (Å²) in [5, 5.41) is 3.74. The van der Waals surface area contributed by atoms with Gasteiger partial charge in [-0.15, -0.1) is 11.6 Å². The number of hydrogen-bond acceptors (Lipinski definition) is 2. The molecule has 2 rings (SSSR count). The van der Waals surface area contributed by atoms with Gasteiger partial charge in [0.15, 0.2) is 0 Å². The summed E-state index contributed by atoms with van der Waals surface area (Å²) < 4.78 is 1.83. The van der Waals surface area contributed by atoms with E-state index in [0.29, 0.717) is 27.9 Å². The standard InChI is InChI=1S/C14H16Cl3N3O/c1-8(2)18-14(21)7-20-12-6-10(17)9(16)5-11(12)19-13(20)3-4-15/h5-6,8H,3-4,7H2,1-2H3,(H,18,21). The van der Waals surface area contributed by atoms with Gasteiger partial charge in [-0.1, -0.05) is 23.2 Å². The van der Waals surface area contributed by atoms with Crippen LogP contribution in [0.4, 0.5) is 0 Å². The summed E-state index contributed by atoms with van der Waals surface area (Å²) in [6.07, 6.45) is 0.570. The average Bonchev–Trinajstić information content (AvgIpc) is 2.68. The zero-order chi connectivity index (χ0) is 15.6. The van der Waals surface area contributed by atoms with Crippen molar-refractivity contribution in [3.8, 4) is 0 Å². The van der Waals surface area contributed by atoms with E-state index in [2.05, 4.69) is 10.3 Å². The highest BCUT2D eigenvalue weighted by Crippen LogP contribution is 2.28. The number of rotatable bonds is 5. The summed E-state index contributed by atoms with van der Waals surface area (Å²) in [5.41, 5.74) is 1.49. The summed E-state index contributed by atoms with van der Waals surface area (Å²) in [7, 11) is 0. The molecule has 0 aliphatic carbocycles. The Morgan fingerprint density at radius 3 is 2.62 bits per heavy atom. The van der Waals surface area contributed by atoms with Gasteiger partial charge in [0.05, 0.1) is 21.1 Å². The summed E-state index contributed by atoms with van der Waals surface area (Å²) in [5.74, 6) is 1.10. The molecule has 21 heavy (non-hydrogen) atoms. The van der Waals surface area contributed by atoms with Crippen molar-refractivity contribution in [2.75, 3.05) is 5.88 Å². The molecule has 0 saturated heterocycles. The number of halogens is 3. The van der Waals surface area contributed by atoms with Crippen LogP contribution in [-0.2, 0) is 17.8 Å². The lowest BCUT2D eigenvalue weighted by atomic mass is 10.3. The molecule has 0 spiro atoms. The van der Waals surface area contributed by atoms with Crippen LogP contribution in [0.2, 0.25) is 10.0 Å². The van der Waals surface area contributed by atoms with Crippen molar-refractivity contribution in [2.45, 2.75) is 32.9 Å². The minimum atomic E-state index is -0.0776. The first kappa shape index (κ1) is 16.4. The van der Waals surface area contributed by atoms with E-state index in [1.165, 1.54) is 0 Å². The molecule has 114 valence electrons. The molecule has 2 aromatic rings. The van der Waals surface area contributed by atoms with Crippen LogP contribution in [0, 0.1) is 0 Å². The first-order chi connectivity index (χ1) is 9.92. The number of fused-ring (bicyclic) bond motifs is 1. The third-order valence-electron chi connectivity index (χ3n) is 2.94. The van der Waals surface area contributed by atoms with Crippen molar-refractivity contribution in [3.63, 3.8) is 0 Å². The van der Waals surface area contributed by atoms with Crippen LogP contribution in [0.25, 0.3) is 11.0 Å². The summed E-state index contributed by atoms with van der Waals surface area (Å²) in [4.78, 5) is 16.5. The lowest BCUT2D eigenvalue weighted by Crippen LogP contribution is -2.33. The van der Waals surface area contributed by atoms with Crippen molar-refractivity contribution >= 4 is 51.7 Å². The molecule has 0 saturated carbocycles. The Balaban J connectivity index is 2.45. The molecule has 0 bridgehead atoms. The minimum absolute atomic E-state index is 0.0776. The lowest BCUT2D eigenvalue weighted by molar-refractivity contribution is -0.122. The molecule has 4 nitrogen and oxygen atoms in total. The van der Waals surface area contributed by atoms with E-state index in [4.69, 9.17) is 34.8 Å². The topological polar surface area (TPSA) is 46.9 Å². The molecule has 1 heterocycles. The first-order valence-electron chi connectivity index (χ1n) is 6.62. The number of nitrogens with one attached hydrogen (secondary N) is 1. The summed E-state index contributed by atoms with van der Waals surface area (Å²) >= 11 is 17.9. The first-order valence-corrected chi connectivity index (χ1v) is 7.91. The Hall–Kier alpha value is -0.970. The number of imidazole rings is 1. The van der Waals surface area contributed by atoms with E-state index in [1.54, 1.807) is 12.1 Å². The van der Waals surface area contributed by atoms with Gasteiger partial charge in [0.25, 0.3) is 0 Å². The van der Waals surface area contributed by atoms with E-state index in [-0.39, 0.29) is 18.5 Å². The van der Waals surface area contributed by atoms with Gasteiger partial charge in [0.2, 0.25) is 5.91 Å². The minimum Gasteiger partial charge on any atom is -0.352 e. The van der Waals surface area contributed by atoms with Gasteiger partial charge in [0.1, 0.15) is 12.4 Å². The second kappa shape index (κ2) is 6.86. The Bertz CT molecular complexity index is 667. The number of aryl methyl sites for hydroxylation is 1. The van der Waals surface area contributed by atoms with Crippen molar-refractivity contribution in [2.24, 2.45) is 0 Å². The molecule has 1 aromatic heterocycles. The third-order valence-corrected chi connectivity index (χ3v) is 3.85. The van der Waals surface area contributed by atoms with E-state index in [9.17, 15) is 4.79 Å². The number of carbonyl (C=O) groups is 1. The van der Waals surface area contributed by atoms with Crippen molar-refractivity contribution < 1.29 is 4.79 Å². The normalized spacial score (nSPS) is 11.3. The fourth-order valence-electron chi connectivity index (χ4n) is 2.13. The molecular formula is C14H16Cl3N3O. The van der Waals surface area contributed by atoms with Crippen LogP contribution in [0.1, 0.15) is 19.7 Å². The average molecular weight is 349 g/mol. The Morgan fingerprint density at radius 1 is 1.33 bits per heavy atom. The van der Waals surface area contributed by atoms with Crippen molar-refractivity contribution in [1.82, 2.24) is 14.9 Å². The van der Waals surface area contributed by atoms with Gasteiger partial charge < -0.3 is 9.88 Å². The van der Waals surface area contributed by atoms with Gasteiger partial charge in [-0.05, 0) is 26.0 Å². The quantitative estimate of drug-likeness (QED) is 0.838. The molecule has 0 unspecified atom stereocenters. The van der Waals surface area contributed by atoms with E-state index in [1.807, 2.05) is 18.4 Å². The summed E-state index contributed by atoms with van der Waals surface area (Å²) in [6, 6.07) is 3.52. The Morgan fingerprint density at radius 2 is 2.00 bits per heavy atom. The van der Waals surface area contributed by atoms with E-state index in [0.717, 1.165) is 11.3 Å². The van der Waals surface area contributed by atoms with Gasteiger partial charge >= 0.3 is 0 Å². The number of alkyl halides is 1. The van der Waals surface area contributed by atoms with Crippen LogP contribution in [0.5, 0.6) is 0 Å². The maximum atomic E-state index is 12.0. The highest BCUT2D eigenvalue weighted by Gasteiger charge is 2.15. The number of hydrogen-bond donors (Lipinski definition) is 1. The monoisotopic (exact) mass is 347 g/mol. The smallest absolute Gasteiger partial charge is 0.240 e. The molecule has 1 amide bonds.